The van der Waals surface area contributed by atoms with Gasteiger partial charge in [-0.25, -0.2) is 4.68 Å². The first-order valence-electron chi connectivity index (χ1n) is 11.1. The van der Waals surface area contributed by atoms with E-state index in [-0.39, 0.29) is 5.88 Å². The van der Waals surface area contributed by atoms with Gasteiger partial charge in [0.05, 0.1) is 12.3 Å². The van der Waals surface area contributed by atoms with Crippen LogP contribution in [-0.2, 0) is 17.6 Å². The third-order valence-electron chi connectivity index (χ3n) is 6.09. The van der Waals surface area contributed by atoms with Crippen molar-refractivity contribution in [1.29, 1.82) is 0 Å². The Labute approximate surface area is 192 Å². The number of aromatic nitrogens is 2. The third kappa shape index (κ3) is 4.80. The summed E-state index contributed by atoms with van der Waals surface area (Å²) in [7, 11) is 0. The zero-order valence-electron chi connectivity index (χ0n) is 18.7. The predicted octanol–water partition coefficient (Wildman–Crippen LogP) is 1.51. The van der Waals surface area contributed by atoms with Gasteiger partial charge in [-0.15, -0.1) is 5.10 Å². The van der Waals surface area contributed by atoms with E-state index >= 15 is 0 Å². The number of aryl methyl sites for hydroxylation is 1. The van der Waals surface area contributed by atoms with Gasteiger partial charge in [0.2, 0.25) is 12.2 Å². The van der Waals surface area contributed by atoms with Crippen molar-refractivity contribution < 1.29 is 29.9 Å². The van der Waals surface area contributed by atoms with E-state index in [0.29, 0.717) is 6.42 Å². The Hall–Kier alpha value is -2.75. The van der Waals surface area contributed by atoms with Crippen molar-refractivity contribution in [3.8, 4) is 11.6 Å². The van der Waals surface area contributed by atoms with E-state index in [1.807, 2.05) is 37.3 Å². The average Bonchev–Trinajstić information content (AvgIpc) is 3.15. The summed E-state index contributed by atoms with van der Waals surface area (Å²) in [6.07, 6.45) is -5.36. The number of aliphatic hydroxyl groups is 4. The molecular weight excluding hydrogens is 424 g/mol. The molecule has 33 heavy (non-hydrogen) atoms. The van der Waals surface area contributed by atoms with Crippen molar-refractivity contribution in [2.75, 3.05) is 6.61 Å². The molecule has 0 bridgehead atoms. The van der Waals surface area contributed by atoms with Gasteiger partial charge in [0, 0.05) is 17.7 Å². The molecule has 0 saturated carbocycles. The van der Waals surface area contributed by atoms with Crippen LogP contribution < -0.4 is 4.74 Å². The molecule has 8 nitrogen and oxygen atoms in total. The topological polar surface area (TPSA) is 117 Å². The summed E-state index contributed by atoms with van der Waals surface area (Å²) in [4.78, 5) is 0. The quantitative estimate of drug-likeness (QED) is 0.428. The smallest absolute Gasteiger partial charge is 0.239 e. The molecule has 1 saturated heterocycles. The number of para-hydroxylation sites is 1. The zero-order valence-corrected chi connectivity index (χ0v) is 18.7. The Morgan fingerprint density at radius 2 is 1.61 bits per heavy atom. The molecule has 1 aliphatic rings. The fourth-order valence-corrected chi connectivity index (χ4v) is 4.00. The molecule has 2 aromatic carbocycles. The number of hydrogen-bond donors (Lipinski definition) is 4. The largest absolute Gasteiger partial charge is 0.443 e. The first kappa shape index (κ1) is 23.4. The van der Waals surface area contributed by atoms with Gasteiger partial charge in [0.15, 0.2) is 0 Å². The molecule has 0 spiro atoms. The second-order valence-electron chi connectivity index (χ2n) is 8.28. The fourth-order valence-electron chi connectivity index (χ4n) is 4.00. The first-order chi connectivity index (χ1) is 15.9. The molecule has 1 fully saturated rings. The standard InChI is InChI=1S/C25H30N2O6/c1-3-16-9-11-17(12-10-16)13-19-15(2)27(18-7-5-4-6-8-18)26-24(19)33-25-23(31)22(30)21(29)20(14-28)32-25/h4-12,20-23,25,28-31H,3,13-14H2,1-2H3/t20-,21-,22+,23-,25+/m1/s1. The van der Waals surface area contributed by atoms with Crippen molar-refractivity contribution >= 4 is 0 Å². The monoisotopic (exact) mass is 454 g/mol. The Bertz CT molecular complexity index is 1050. The molecule has 4 rings (SSSR count). The highest BCUT2D eigenvalue weighted by molar-refractivity contribution is 5.42. The first-order valence-corrected chi connectivity index (χ1v) is 11.1. The van der Waals surface area contributed by atoms with Gasteiger partial charge in [-0.2, -0.15) is 0 Å². The number of ether oxygens (including phenoxy) is 2. The molecule has 3 aromatic rings. The van der Waals surface area contributed by atoms with E-state index in [1.54, 1.807) is 4.68 Å². The number of benzene rings is 2. The van der Waals surface area contributed by atoms with Crippen molar-refractivity contribution in [3.05, 3.63) is 77.0 Å². The maximum atomic E-state index is 10.4. The van der Waals surface area contributed by atoms with Crippen LogP contribution in [0.2, 0.25) is 0 Å². The van der Waals surface area contributed by atoms with Crippen LogP contribution in [0.15, 0.2) is 54.6 Å². The van der Waals surface area contributed by atoms with Crippen LogP contribution in [0, 0.1) is 6.92 Å². The van der Waals surface area contributed by atoms with Crippen LogP contribution >= 0.6 is 0 Å². The van der Waals surface area contributed by atoms with E-state index in [9.17, 15) is 20.4 Å². The van der Waals surface area contributed by atoms with E-state index in [2.05, 4.69) is 36.3 Å². The second kappa shape index (κ2) is 10.0. The Morgan fingerprint density at radius 3 is 2.24 bits per heavy atom. The van der Waals surface area contributed by atoms with Crippen LogP contribution in [0.3, 0.4) is 0 Å². The summed E-state index contributed by atoms with van der Waals surface area (Å²) in [6.45, 7) is 3.52. The van der Waals surface area contributed by atoms with Gasteiger partial charge in [-0.05, 0) is 36.6 Å². The zero-order chi connectivity index (χ0) is 23.5. The lowest BCUT2D eigenvalue weighted by molar-refractivity contribution is -0.278. The van der Waals surface area contributed by atoms with E-state index in [0.717, 1.165) is 28.9 Å². The van der Waals surface area contributed by atoms with Crippen LogP contribution in [0.25, 0.3) is 5.69 Å². The SMILES string of the molecule is CCc1ccc(Cc2c(O[C@@H]3O[C@H](CO)[C@@H](O)[C@H](O)[C@H]3O)nn(-c3ccccc3)c2C)cc1. The Balaban J connectivity index is 1.69. The van der Waals surface area contributed by atoms with Crippen molar-refractivity contribution in [3.63, 3.8) is 0 Å². The van der Waals surface area contributed by atoms with Crippen LogP contribution in [0.5, 0.6) is 5.88 Å². The summed E-state index contributed by atoms with van der Waals surface area (Å²) in [5.41, 5.74) is 4.83. The predicted molar refractivity (Wildman–Crippen MR) is 121 cm³/mol. The molecule has 176 valence electrons. The molecule has 0 aliphatic carbocycles. The lowest BCUT2D eigenvalue weighted by Gasteiger charge is -2.39. The van der Waals surface area contributed by atoms with E-state index < -0.39 is 37.3 Å². The highest BCUT2D eigenvalue weighted by Gasteiger charge is 2.45. The van der Waals surface area contributed by atoms with Crippen molar-refractivity contribution in [2.45, 2.75) is 57.4 Å². The molecule has 5 atom stereocenters. The second-order valence-corrected chi connectivity index (χ2v) is 8.28. The van der Waals surface area contributed by atoms with Gasteiger partial charge in [-0.3, -0.25) is 0 Å². The highest BCUT2D eigenvalue weighted by atomic mass is 16.7. The van der Waals surface area contributed by atoms with Gasteiger partial charge >= 0.3 is 0 Å². The van der Waals surface area contributed by atoms with Gasteiger partial charge in [0.1, 0.15) is 24.4 Å². The molecule has 1 aromatic heterocycles. The summed E-state index contributed by atoms with van der Waals surface area (Å²) >= 11 is 0. The number of hydrogen-bond acceptors (Lipinski definition) is 7. The molecular formula is C25H30N2O6. The lowest BCUT2D eigenvalue weighted by atomic mass is 9.99. The number of rotatable bonds is 7. The molecule has 0 unspecified atom stereocenters. The third-order valence-corrected chi connectivity index (χ3v) is 6.09. The minimum absolute atomic E-state index is 0.250. The average molecular weight is 455 g/mol. The minimum Gasteiger partial charge on any atom is -0.443 e. The fraction of sp³-hybridized carbons (Fsp3) is 0.400. The molecule has 4 N–H and O–H groups in total. The maximum absolute atomic E-state index is 10.4. The highest BCUT2D eigenvalue weighted by Crippen LogP contribution is 2.30. The number of aliphatic hydroxyl groups excluding tert-OH is 4. The molecule has 2 heterocycles. The van der Waals surface area contributed by atoms with Gasteiger partial charge in [0.25, 0.3) is 0 Å². The van der Waals surface area contributed by atoms with Gasteiger partial charge in [-0.1, -0.05) is 49.4 Å². The summed E-state index contributed by atoms with van der Waals surface area (Å²) < 4.78 is 13.3. The maximum Gasteiger partial charge on any atom is 0.239 e. The lowest BCUT2D eigenvalue weighted by Crippen LogP contribution is -2.60. The Kier molecular flexibility index (Phi) is 7.11. The summed E-state index contributed by atoms with van der Waals surface area (Å²) in [5.74, 6) is 0.250. The summed E-state index contributed by atoms with van der Waals surface area (Å²) in [6, 6.07) is 17.9. The molecule has 0 amide bonds. The molecule has 0 radical (unpaired) electrons. The van der Waals surface area contributed by atoms with Crippen LogP contribution in [0.1, 0.15) is 29.3 Å². The molecule has 1 aliphatic heterocycles. The van der Waals surface area contributed by atoms with Crippen molar-refractivity contribution in [1.82, 2.24) is 9.78 Å². The van der Waals surface area contributed by atoms with E-state index in [1.165, 1.54) is 5.56 Å². The normalized spacial score (nSPS) is 25.2. The van der Waals surface area contributed by atoms with E-state index in [4.69, 9.17) is 9.47 Å². The molecule has 8 heteroatoms. The van der Waals surface area contributed by atoms with Crippen LogP contribution in [-0.4, -0.2) is 67.5 Å². The van der Waals surface area contributed by atoms with Crippen LogP contribution in [0.4, 0.5) is 0 Å². The Morgan fingerprint density at radius 1 is 0.939 bits per heavy atom. The number of nitrogens with zero attached hydrogens (tertiary/aromatic N) is 2. The minimum atomic E-state index is -1.52. The van der Waals surface area contributed by atoms with Crippen molar-refractivity contribution in [2.24, 2.45) is 0 Å². The summed E-state index contributed by atoms with van der Waals surface area (Å²) in [5, 5.41) is 44.8. The van der Waals surface area contributed by atoms with Gasteiger partial charge < -0.3 is 29.9 Å².